The lowest BCUT2D eigenvalue weighted by Gasteiger charge is -2.31. The van der Waals surface area contributed by atoms with Crippen LogP contribution < -0.4 is 0 Å². The average Bonchev–Trinajstić information content (AvgIpc) is 3.19. The summed E-state index contributed by atoms with van der Waals surface area (Å²) < 4.78 is 0. The highest BCUT2D eigenvalue weighted by atomic mass is 15.3. The van der Waals surface area contributed by atoms with Crippen LogP contribution in [0, 0.1) is 0 Å². The van der Waals surface area contributed by atoms with Crippen molar-refractivity contribution >= 4 is 5.84 Å². The average molecular weight is 403 g/mol. The minimum absolute atomic E-state index is 0.156. The Bertz CT molecular complexity index is 1120. The first-order chi connectivity index (χ1) is 15.4. The predicted molar refractivity (Wildman–Crippen MR) is 128 cm³/mol. The van der Waals surface area contributed by atoms with Crippen LogP contribution in [0.1, 0.15) is 28.3 Å². The summed E-state index contributed by atoms with van der Waals surface area (Å²) >= 11 is 0. The van der Waals surface area contributed by atoms with E-state index in [1.165, 1.54) is 22.3 Å². The zero-order chi connectivity index (χ0) is 20.9. The molecule has 4 aromatic rings. The second-order valence-electron chi connectivity index (χ2n) is 8.04. The van der Waals surface area contributed by atoms with Crippen LogP contribution in [-0.4, -0.2) is 16.8 Å². The highest BCUT2D eigenvalue weighted by molar-refractivity contribution is 6.00. The van der Waals surface area contributed by atoms with Gasteiger partial charge in [-0.15, -0.1) is 0 Å². The molecule has 4 aromatic carbocycles. The monoisotopic (exact) mass is 402 g/mol. The number of amidine groups is 1. The molecule has 0 N–H and O–H groups in total. The Hall–Kier alpha value is -3.65. The van der Waals surface area contributed by atoms with Crippen molar-refractivity contribution in [2.45, 2.75) is 25.0 Å². The summed E-state index contributed by atoms with van der Waals surface area (Å²) in [5.41, 5.74) is 5.11. The van der Waals surface area contributed by atoms with E-state index < -0.39 is 0 Å². The molecule has 2 unspecified atom stereocenters. The van der Waals surface area contributed by atoms with Crippen LogP contribution in [0.3, 0.4) is 0 Å². The fraction of sp³-hybridized carbons (Fsp3) is 0.138. The zero-order valence-corrected chi connectivity index (χ0v) is 17.5. The van der Waals surface area contributed by atoms with Gasteiger partial charge < -0.3 is 4.90 Å². The second kappa shape index (κ2) is 9.01. The smallest absolute Gasteiger partial charge is 0.132 e. The lowest BCUT2D eigenvalue weighted by molar-refractivity contribution is 0.301. The largest absolute Gasteiger partial charge is 0.343 e. The number of hydrogen-bond acceptors (Lipinski definition) is 2. The van der Waals surface area contributed by atoms with Crippen molar-refractivity contribution < 1.29 is 0 Å². The van der Waals surface area contributed by atoms with Crippen LogP contribution in [0.2, 0.25) is 0 Å². The highest BCUT2D eigenvalue weighted by Gasteiger charge is 2.37. The van der Waals surface area contributed by atoms with Gasteiger partial charge in [-0.2, -0.15) is 0 Å². The Balaban J connectivity index is 1.59. The van der Waals surface area contributed by atoms with Crippen LogP contribution in [0.25, 0.3) is 0 Å². The van der Waals surface area contributed by atoms with Gasteiger partial charge in [0.15, 0.2) is 0 Å². The maximum Gasteiger partial charge on any atom is 0.132 e. The van der Waals surface area contributed by atoms with E-state index in [-0.39, 0.29) is 12.1 Å². The molecule has 0 aliphatic carbocycles. The first-order valence-electron chi connectivity index (χ1n) is 10.9. The van der Waals surface area contributed by atoms with Gasteiger partial charge in [-0.05, 0) is 23.1 Å². The quantitative estimate of drug-likeness (QED) is 0.369. The van der Waals surface area contributed by atoms with E-state index in [1.54, 1.807) is 0 Å². The van der Waals surface area contributed by atoms with Gasteiger partial charge in [0.25, 0.3) is 0 Å². The van der Waals surface area contributed by atoms with Gasteiger partial charge in [0, 0.05) is 12.1 Å². The molecule has 0 amide bonds. The Morgan fingerprint density at radius 2 is 1.10 bits per heavy atom. The molecule has 0 bridgehead atoms. The van der Waals surface area contributed by atoms with Gasteiger partial charge in [0.2, 0.25) is 0 Å². The summed E-state index contributed by atoms with van der Waals surface area (Å²) in [7, 11) is 0. The van der Waals surface area contributed by atoms with Gasteiger partial charge in [-0.25, -0.2) is 0 Å². The number of benzene rings is 4. The lowest BCUT2D eigenvalue weighted by atomic mass is 9.93. The molecular formula is C29H26N2. The standard InChI is InChI=1S/C29H26N2/c1-5-13-23(14-6-1)21-27-28(25-17-9-3-10-18-25)31(22-24-15-7-2-8-16-24)29(30-27)26-19-11-4-12-20-26/h1-20,27-28H,21-22H2. The Kier molecular flexibility index (Phi) is 5.62. The minimum atomic E-state index is 0.156. The van der Waals surface area contributed by atoms with E-state index in [0.717, 1.165) is 18.8 Å². The fourth-order valence-corrected chi connectivity index (χ4v) is 4.49. The molecule has 0 spiro atoms. The van der Waals surface area contributed by atoms with Crippen molar-refractivity contribution in [1.82, 2.24) is 4.90 Å². The zero-order valence-electron chi connectivity index (χ0n) is 17.5. The topological polar surface area (TPSA) is 15.6 Å². The van der Waals surface area contributed by atoms with Crippen LogP contribution in [0.4, 0.5) is 0 Å². The van der Waals surface area contributed by atoms with Gasteiger partial charge in [-0.3, -0.25) is 4.99 Å². The van der Waals surface area contributed by atoms with E-state index in [4.69, 9.17) is 4.99 Å². The molecule has 1 heterocycles. The van der Waals surface area contributed by atoms with Crippen molar-refractivity contribution in [2.24, 2.45) is 4.99 Å². The second-order valence-corrected chi connectivity index (χ2v) is 8.04. The molecule has 2 heteroatoms. The molecule has 2 nitrogen and oxygen atoms in total. The molecule has 152 valence electrons. The van der Waals surface area contributed by atoms with Crippen molar-refractivity contribution in [3.05, 3.63) is 144 Å². The molecule has 0 saturated heterocycles. The molecule has 0 fully saturated rings. The van der Waals surface area contributed by atoms with Gasteiger partial charge in [0.05, 0.1) is 12.1 Å². The summed E-state index contributed by atoms with van der Waals surface area (Å²) in [5.74, 6) is 1.08. The number of aliphatic imine (C=N–C) groups is 1. The van der Waals surface area contributed by atoms with Crippen LogP contribution >= 0.6 is 0 Å². The molecular weight excluding hydrogens is 376 g/mol. The van der Waals surface area contributed by atoms with Crippen molar-refractivity contribution in [2.75, 3.05) is 0 Å². The molecule has 1 aliphatic heterocycles. The minimum Gasteiger partial charge on any atom is -0.343 e. The summed E-state index contributed by atoms with van der Waals surface area (Å²) in [5, 5.41) is 0. The first-order valence-corrected chi connectivity index (χ1v) is 10.9. The van der Waals surface area contributed by atoms with E-state index in [0.29, 0.717) is 0 Å². The van der Waals surface area contributed by atoms with Gasteiger partial charge in [-0.1, -0.05) is 121 Å². The molecule has 0 aromatic heterocycles. The molecule has 31 heavy (non-hydrogen) atoms. The molecule has 0 saturated carbocycles. The lowest BCUT2D eigenvalue weighted by Crippen LogP contribution is -2.33. The summed E-state index contributed by atoms with van der Waals surface area (Å²) in [6, 6.07) is 43.2. The first kappa shape index (κ1) is 19.3. The van der Waals surface area contributed by atoms with E-state index in [1.807, 2.05) is 0 Å². The van der Waals surface area contributed by atoms with E-state index in [2.05, 4.69) is 126 Å². The van der Waals surface area contributed by atoms with Crippen molar-refractivity contribution in [3.63, 3.8) is 0 Å². The third-order valence-corrected chi connectivity index (χ3v) is 5.92. The SMILES string of the molecule is c1ccc(CC2N=C(c3ccccc3)N(Cc3ccccc3)C2c2ccccc2)cc1. The fourth-order valence-electron chi connectivity index (χ4n) is 4.49. The highest BCUT2D eigenvalue weighted by Crippen LogP contribution is 2.37. The number of hydrogen-bond donors (Lipinski definition) is 0. The number of nitrogens with zero attached hydrogens (tertiary/aromatic N) is 2. The maximum absolute atomic E-state index is 5.33. The van der Waals surface area contributed by atoms with Crippen LogP contribution in [0.5, 0.6) is 0 Å². The van der Waals surface area contributed by atoms with E-state index >= 15 is 0 Å². The predicted octanol–water partition coefficient (Wildman–Crippen LogP) is 6.30. The Labute approximate surface area is 184 Å². The van der Waals surface area contributed by atoms with E-state index in [9.17, 15) is 0 Å². The van der Waals surface area contributed by atoms with Gasteiger partial charge in [0.1, 0.15) is 5.84 Å². The van der Waals surface area contributed by atoms with Crippen molar-refractivity contribution in [1.29, 1.82) is 0 Å². The van der Waals surface area contributed by atoms with Crippen LogP contribution in [0.15, 0.2) is 126 Å². The summed E-state index contributed by atoms with van der Waals surface area (Å²) in [4.78, 5) is 7.83. The molecule has 5 rings (SSSR count). The number of rotatable bonds is 6. The summed E-state index contributed by atoms with van der Waals surface area (Å²) in [6.45, 7) is 0.833. The third-order valence-electron chi connectivity index (χ3n) is 5.92. The Morgan fingerprint density at radius 1 is 0.581 bits per heavy atom. The Morgan fingerprint density at radius 3 is 1.71 bits per heavy atom. The summed E-state index contributed by atoms with van der Waals surface area (Å²) in [6.07, 6.45) is 0.919. The third kappa shape index (κ3) is 4.29. The molecule has 2 atom stereocenters. The van der Waals surface area contributed by atoms with Crippen molar-refractivity contribution in [3.8, 4) is 0 Å². The van der Waals surface area contributed by atoms with Gasteiger partial charge >= 0.3 is 0 Å². The maximum atomic E-state index is 5.33. The van der Waals surface area contributed by atoms with Crippen LogP contribution in [-0.2, 0) is 13.0 Å². The molecule has 0 radical (unpaired) electrons. The molecule has 1 aliphatic rings. The normalized spacial score (nSPS) is 18.1.